The van der Waals surface area contributed by atoms with Gasteiger partial charge in [0, 0.05) is 6.07 Å². The topological polar surface area (TPSA) is 76.0 Å². The maximum atomic E-state index is 12.7. The van der Waals surface area contributed by atoms with Crippen LogP contribution in [0, 0.1) is 23.7 Å². The highest BCUT2D eigenvalue weighted by atomic mass is 16.5. The summed E-state index contributed by atoms with van der Waals surface area (Å²) in [6.45, 7) is 6.23. The molecule has 2 aromatic rings. The van der Waals surface area contributed by atoms with Crippen LogP contribution in [0.25, 0.3) is 12.2 Å². The zero-order valence-electron chi connectivity index (χ0n) is 20.3. The predicted octanol–water partition coefficient (Wildman–Crippen LogP) is 6.58. The highest BCUT2D eigenvalue weighted by molar-refractivity contribution is 5.75. The van der Waals surface area contributed by atoms with Crippen molar-refractivity contribution in [2.24, 2.45) is 23.7 Å². The number of benzene rings is 2. The molecule has 0 aliphatic heterocycles. The molecule has 180 valence electrons. The van der Waals surface area contributed by atoms with Crippen molar-refractivity contribution in [1.29, 1.82) is 0 Å². The molecule has 0 aromatic heterocycles. The fourth-order valence-electron chi connectivity index (χ4n) is 3.99. The number of methoxy groups -OCH3 is 1. The SMILES string of the molecule is COC1=CC(CCC(C)C(C)C(=O)Oc2ccc(C=Cc3cc(O)cc(O)c3)cc2)C(C)C=C1. The van der Waals surface area contributed by atoms with Gasteiger partial charge in [0.1, 0.15) is 23.0 Å². The lowest BCUT2D eigenvalue weighted by atomic mass is 9.82. The summed E-state index contributed by atoms with van der Waals surface area (Å²) in [4.78, 5) is 12.7. The van der Waals surface area contributed by atoms with Crippen LogP contribution in [0.2, 0.25) is 0 Å². The number of esters is 1. The van der Waals surface area contributed by atoms with Crippen LogP contribution < -0.4 is 4.74 Å². The summed E-state index contributed by atoms with van der Waals surface area (Å²) >= 11 is 0. The molecule has 5 nitrogen and oxygen atoms in total. The molecule has 5 heteroatoms. The Morgan fingerprint density at radius 3 is 2.32 bits per heavy atom. The average molecular weight is 463 g/mol. The first-order valence-electron chi connectivity index (χ1n) is 11.7. The van der Waals surface area contributed by atoms with E-state index in [1.807, 2.05) is 31.2 Å². The molecule has 4 atom stereocenters. The maximum Gasteiger partial charge on any atom is 0.314 e. The summed E-state index contributed by atoms with van der Waals surface area (Å²) in [5, 5.41) is 19.1. The van der Waals surface area contributed by atoms with Crippen LogP contribution in [-0.2, 0) is 9.53 Å². The molecule has 2 N–H and O–H groups in total. The Labute approximate surface area is 202 Å². The number of hydrogen-bond acceptors (Lipinski definition) is 5. The van der Waals surface area contributed by atoms with Crippen LogP contribution in [0.4, 0.5) is 0 Å². The smallest absolute Gasteiger partial charge is 0.314 e. The third-order valence-electron chi connectivity index (χ3n) is 6.53. The van der Waals surface area contributed by atoms with Gasteiger partial charge in [-0.25, -0.2) is 0 Å². The molecule has 3 rings (SSSR count). The summed E-state index contributed by atoms with van der Waals surface area (Å²) in [5.41, 5.74) is 1.59. The molecule has 0 saturated carbocycles. The van der Waals surface area contributed by atoms with Gasteiger partial charge in [0.25, 0.3) is 0 Å². The van der Waals surface area contributed by atoms with E-state index in [0.29, 0.717) is 23.1 Å². The molecule has 0 saturated heterocycles. The number of phenolic OH excluding ortho intramolecular Hbond substituents is 2. The quantitative estimate of drug-likeness (QED) is 0.250. The minimum absolute atomic E-state index is 0.00606. The highest BCUT2D eigenvalue weighted by Gasteiger charge is 2.25. The first-order valence-corrected chi connectivity index (χ1v) is 11.7. The van der Waals surface area contributed by atoms with Gasteiger partial charge in [0.2, 0.25) is 0 Å². The minimum atomic E-state index is -0.226. The fraction of sp³-hybridized carbons (Fsp3) is 0.345. The number of ether oxygens (including phenoxy) is 2. The first kappa shape index (κ1) is 25.2. The van der Waals surface area contributed by atoms with Crippen molar-refractivity contribution in [2.75, 3.05) is 7.11 Å². The predicted molar refractivity (Wildman–Crippen MR) is 135 cm³/mol. The normalized spacial score (nSPS) is 19.5. The van der Waals surface area contributed by atoms with Gasteiger partial charge in [0.15, 0.2) is 0 Å². The van der Waals surface area contributed by atoms with Crippen LogP contribution in [0.15, 0.2) is 66.5 Å². The summed E-state index contributed by atoms with van der Waals surface area (Å²) in [7, 11) is 1.69. The van der Waals surface area contributed by atoms with Crippen LogP contribution >= 0.6 is 0 Å². The second-order valence-electron chi connectivity index (χ2n) is 9.10. The van der Waals surface area contributed by atoms with Gasteiger partial charge in [-0.15, -0.1) is 0 Å². The van der Waals surface area contributed by atoms with Crippen LogP contribution in [-0.4, -0.2) is 23.3 Å². The zero-order valence-corrected chi connectivity index (χ0v) is 20.3. The lowest BCUT2D eigenvalue weighted by Gasteiger charge is -2.25. The van der Waals surface area contributed by atoms with Gasteiger partial charge in [-0.1, -0.05) is 51.1 Å². The largest absolute Gasteiger partial charge is 0.508 e. The lowest BCUT2D eigenvalue weighted by Crippen LogP contribution is -2.24. The van der Waals surface area contributed by atoms with E-state index in [1.54, 1.807) is 37.5 Å². The number of aromatic hydroxyl groups is 2. The van der Waals surface area contributed by atoms with Gasteiger partial charge in [-0.3, -0.25) is 4.79 Å². The molecule has 0 amide bonds. The molecular weight excluding hydrogens is 428 g/mol. The van der Waals surface area contributed by atoms with Gasteiger partial charge in [-0.2, -0.15) is 0 Å². The molecule has 0 radical (unpaired) electrons. The van der Waals surface area contributed by atoms with Crippen molar-refractivity contribution in [3.8, 4) is 17.2 Å². The molecule has 0 heterocycles. The molecule has 0 fully saturated rings. The molecule has 1 aliphatic rings. The zero-order chi connectivity index (χ0) is 24.7. The van der Waals surface area contributed by atoms with Crippen molar-refractivity contribution in [3.05, 3.63) is 77.6 Å². The van der Waals surface area contributed by atoms with Crippen molar-refractivity contribution >= 4 is 18.1 Å². The monoisotopic (exact) mass is 462 g/mol. The van der Waals surface area contributed by atoms with Crippen molar-refractivity contribution in [2.45, 2.75) is 33.6 Å². The lowest BCUT2D eigenvalue weighted by molar-refractivity contribution is -0.140. The van der Waals surface area contributed by atoms with Crippen LogP contribution in [0.3, 0.4) is 0 Å². The van der Waals surface area contributed by atoms with E-state index in [9.17, 15) is 15.0 Å². The second kappa shape index (κ2) is 11.6. The molecule has 4 unspecified atom stereocenters. The Balaban J connectivity index is 1.51. The Morgan fingerprint density at radius 2 is 1.68 bits per heavy atom. The number of phenols is 2. The third kappa shape index (κ3) is 7.01. The molecule has 1 aliphatic carbocycles. The van der Waals surface area contributed by atoms with E-state index in [-0.39, 0.29) is 29.3 Å². The Kier molecular flexibility index (Phi) is 8.58. The number of carbonyl (C=O) groups excluding carboxylic acids is 1. The Morgan fingerprint density at radius 1 is 1.03 bits per heavy atom. The van der Waals surface area contributed by atoms with Crippen LogP contribution in [0.1, 0.15) is 44.7 Å². The molecule has 2 aromatic carbocycles. The van der Waals surface area contributed by atoms with Crippen molar-refractivity contribution in [1.82, 2.24) is 0 Å². The Hall–Kier alpha value is -3.47. The highest BCUT2D eigenvalue weighted by Crippen LogP contribution is 2.30. The number of allylic oxidation sites excluding steroid dienone is 3. The van der Waals surface area contributed by atoms with E-state index < -0.39 is 0 Å². The minimum Gasteiger partial charge on any atom is -0.508 e. The Bertz CT molecular complexity index is 1040. The molecular formula is C29H34O5. The van der Waals surface area contributed by atoms with Gasteiger partial charge in [-0.05, 0) is 78.1 Å². The summed E-state index contributed by atoms with van der Waals surface area (Å²) in [6, 6.07) is 11.6. The number of rotatable bonds is 9. The van der Waals surface area contributed by atoms with Crippen molar-refractivity contribution in [3.63, 3.8) is 0 Å². The van der Waals surface area contributed by atoms with E-state index >= 15 is 0 Å². The number of hydrogen-bond donors (Lipinski definition) is 2. The maximum absolute atomic E-state index is 12.7. The standard InChI is InChI=1S/C29H34O5/c1-19(5-11-24-17-28(33-4)12-6-20(24)2)21(3)29(32)34-27-13-9-22(10-14-27)7-8-23-15-25(30)18-26(31)16-23/h6-10,12-21,24,30-31H,5,11H2,1-4H3. The molecule has 0 bridgehead atoms. The second-order valence-corrected chi connectivity index (χ2v) is 9.10. The van der Waals surface area contributed by atoms with E-state index in [0.717, 1.165) is 24.2 Å². The van der Waals surface area contributed by atoms with E-state index in [2.05, 4.69) is 26.0 Å². The average Bonchev–Trinajstić information content (AvgIpc) is 2.81. The van der Waals surface area contributed by atoms with E-state index in [4.69, 9.17) is 9.47 Å². The third-order valence-corrected chi connectivity index (χ3v) is 6.53. The summed E-state index contributed by atoms with van der Waals surface area (Å²) in [6.07, 6.45) is 11.9. The number of carbonyl (C=O) groups is 1. The first-order chi connectivity index (χ1) is 16.2. The molecule has 0 spiro atoms. The van der Waals surface area contributed by atoms with Gasteiger partial charge < -0.3 is 19.7 Å². The summed E-state index contributed by atoms with van der Waals surface area (Å²) < 4.78 is 11.0. The molecule has 34 heavy (non-hydrogen) atoms. The van der Waals surface area contributed by atoms with E-state index in [1.165, 1.54) is 6.07 Å². The fourth-order valence-corrected chi connectivity index (χ4v) is 3.99. The van der Waals surface area contributed by atoms with Gasteiger partial charge >= 0.3 is 5.97 Å². The summed E-state index contributed by atoms with van der Waals surface area (Å²) in [5.74, 6) is 2.06. The van der Waals surface area contributed by atoms with Crippen molar-refractivity contribution < 1.29 is 24.5 Å². The van der Waals surface area contributed by atoms with Gasteiger partial charge in [0.05, 0.1) is 13.0 Å². The van der Waals surface area contributed by atoms with Crippen LogP contribution in [0.5, 0.6) is 17.2 Å².